The van der Waals surface area contributed by atoms with Gasteiger partial charge < -0.3 is 10.2 Å². The van der Waals surface area contributed by atoms with Crippen molar-refractivity contribution in [1.82, 2.24) is 15.5 Å². The summed E-state index contributed by atoms with van der Waals surface area (Å²) >= 11 is 0. The van der Waals surface area contributed by atoms with E-state index < -0.39 is 0 Å². The molecule has 1 amide bonds. The molecule has 3 rings (SSSR count). The molecular weight excluding hydrogens is 300 g/mol. The van der Waals surface area contributed by atoms with Gasteiger partial charge in [-0.2, -0.15) is 0 Å². The summed E-state index contributed by atoms with van der Waals surface area (Å²) in [6, 6.07) is 12.0. The number of benzene rings is 1. The van der Waals surface area contributed by atoms with E-state index >= 15 is 0 Å². The number of hydrogen-bond acceptors (Lipinski definition) is 4. The van der Waals surface area contributed by atoms with Crippen LogP contribution in [0.4, 0.5) is 11.5 Å². The molecular formula is C19H24N4O. The zero-order chi connectivity index (χ0) is 16.8. The molecule has 0 unspecified atom stereocenters. The minimum absolute atomic E-state index is 0.149. The van der Waals surface area contributed by atoms with Crippen LogP contribution in [0, 0.1) is 0 Å². The van der Waals surface area contributed by atoms with Crippen molar-refractivity contribution >= 4 is 17.4 Å². The molecule has 0 bridgehead atoms. The Labute approximate surface area is 143 Å². The van der Waals surface area contributed by atoms with E-state index in [-0.39, 0.29) is 5.91 Å². The maximum atomic E-state index is 12.1. The number of unbranched alkanes of at least 4 members (excludes halogenated alkanes) is 2. The number of para-hydroxylation sites is 1. The van der Waals surface area contributed by atoms with Crippen molar-refractivity contribution in [1.29, 1.82) is 0 Å². The van der Waals surface area contributed by atoms with Gasteiger partial charge in [-0.05, 0) is 43.0 Å². The number of hydrogen-bond donors (Lipinski definition) is 1. The summed E-state index contributed by atoms with van der Waals surface area (Å²) < 4.78 is 0. The summed E-state index contributed by atoms with van der Waals surface area (Å²) in [5.74, 6) is 0.647. The highest BCUT2D eigenvalue weighted by molar-refractivity contribution is 5.92. The van der Waals surface area contributed by atoms with Gasteiger partial charge in [0.2, 0.25) is 0 Å². The van der Waals surface area contributed by atoms with Crippen molar-refractivity contribution in [3.8, 4) is 0 Å². The Morgan fingerprint density at radius 1 is 1.17 bits per heavy atom. The second-order valence-electron chi connectivity index (χ2n) is 6.12. The van der Waals surface area contributed by atoms with Crippen LogP contribution in [0.3, 0.4) is 0 Å². The summed E-state index contributed by atoms with van der Waals surface area (Å²) in [5.41, 5.74) is 2.90. The SMILES string of the molecule is CCCCCNC(=O)c1ccc(N2CCCc3ccccc32)nn1. The second-order valence-corrected chi connectivity index (χ2v) is 6.12. The molecule has 0 atom stereocenters. The molecule has 1 aliphatic rings. The Hall–Kier alpha value is -2.43. The summed E-state index contributed by atoms with van der Waals surface area (Å²) in [6.45, 7) is 3.76. The first-order valence-corrected chi connectivity index (χ1v) is 8.77. The predicted molar refractivity (Wildman–Crippen MR) is 95.7 cm³/mol. The molecule has 0 fully saturated rings. The number of fused-ring (bicyclic) bond motifs is 1. The molecule has 0 saturated carbocycles. The van der Waals surface area contributed by atoms with Crippen molar-refractivity contribution in [2.75, 3.05) is 18.0 Å². The largest absolute Gasteiger partial charge is 0.351 e. The van der Waals surface area contributed by atoms with E-state index in [4.69, 9.17) is 0 Å². The fraction of sp³-hybridized carbons (Fsp3) is 0.421. The Morgan fingerprint density at radius 3 is 2.83 bits per heavy atom. The lowest BCUT2D eigenvalue weighted by atomic mass is 10.0. The summed E-state index contributed by atoms with van der Waals surface area (Å²) in [4.78, 5) is 14.2. The van der Waals surface area contributed by atoms with Crippen LogP contribution >= 0.6 is 0 Å². The Morgan fingerprint density at radius 2 is 2.04 bits per heavy atom. The van der Waals surface area contributed by atoms with Crippen molar-refractivity contribution in [2.24, 2.45) is 0 Å². The lowest BCUT2D eigenvalue weighted by Crippen LogP contribution is -2.27. The van der Waals surface area contributed by atoms with Gasteiger partial charge in [-0.3, -0.25) is 4.79 Å². The number of anilines is 2. The molecule has 5 nitrogen and oxygen atoms in total. The molecule has 0 radical (unpaired) electrons. The van der Waals surface area contributed by atoms with Crippen LogP contribution in [-0.2, 0) is 6.42 Å². The average molecular weight is 324 g/mol. The van der Waals surface area contributed by atoms with E-state index in [9.17, 15) is 4.79 Å². The van der Waals surface area contributed by atoms with Crippen LogP contribution < -0.4 is 10.2 Å². The number of aryl methyl sites for hydroxylation is 1. The lowest BCUT2D eigenvalue weighted by molar-refractivity contribution is 0.0947. The highest BCUT2D eigenvalue weighted by Crippen LogP contribution is 2.31. The maximum Gasteiger partial charge on any atom is 0.271 e. The third-order valence-corrected chi connectivity index (χ3v) is 4.34. The number of rotatable bonds is 6. The second kappa shape index (κ2) is 7.90. The third-order valence-electron chi connectivity index (χ3n) is 4.34. The molecule has 2 heterocycles. The Balaban J connectivity index is 1.68. The molecule has 126 valence electrons. The first-order chi connectivity index (χ1) is 11.8. The molecule has 5 heteroatoms. The van der Waals surface area contributed by atoms with Gasteiger partial charge in [0.25, 0.3) is 5.91 Å². The quantitative estimate of drug-likeness (QED) is 0.827. The zero-order valence-electron chi connectivity index (χ0n) is 14.2. The van der Waals surface area contributed by atoms with E-state index in [1.807, 2.05) is 12.1 Å². The molecule has 1 aromatic heterocycles. The number of carbonyl (C=O) groups is 1. The number of amides is 1. The first kappa shape index (κ1) is 16.4. The van der Waals surface area contributed by atoms with Gasteiger partial charge >= 0.3 is 0 Å². The van der Waals surface area contributed by atoms with Crippen LogP contribution in [0.2, 0.25) is 0 Å². The lowest BCUT2D eigenvalue weighted by Gasteiger charge is -2.29. The van der Waals surface area contributed by atoms with Gasteiger partial charge in [-0.1, -0.05) is 38.0 Å². The summed E-state index contributed by atoms with van der Waals surface area (Å²) in [6.07, 6.45) is 5.45. The van der Waals surface area contributed by atoms with E-state index in [1.54, 1.807) is 6.07 Å². The predicted octanol–water partition coefficient (Wildman–Crippen LogP) is 3.48. The molecule has 1 aromatic carbocycles. The van der Waals surface area contributed by atoms with Crippen LogP contribution in [0.5, 0.6) is 0 Å². The molecule has 2 aromatic rings. The average Bonchev–Trinajstić information content (AvgIpc) is 2.65. The Kier molecular flexibility index (Phi) is 5.41. The van der Waals surface area contributed by atoms with E-state index in [2.05, 4.69) is 45.5 Å². The highest BCUT2D eigenvalue weighted by Gasteiger charge is 2.19. The van der Waals surface area contributed by atoms with Gasteiger partial charge in [0.15, 0.2) is 11.5 Å². The molecule has 1 aliphatic heterocycles. The van der Waals surface area contributed by atoms with Crippen LogP contribution in [0.15, 0.2) is 36.4 Å². The molecule has 0 spiro atoms. The van der Waals surface area contributed by atoms with Crippen molar-refractivity contribution in [3.63, 3.8) is 0 Å². The first-order valence-electron chi connectivity index (χ1n) is 8.77. The maximum absolute atomic E-state index is 12.1. The van der Waals surface area contributed by atoms with Gasteiger partial charge in [-0.15, -0.1) is 10.2 Å². The van der Waals surface area contributed by atoms with E-state index in [0.717, 1.165) is 44.5 Å². The van der Waals surface area contributed by atoms with Crippen molar-refractivity contribution < 1.29 is 4.79 Å². The summed E-state index contributed by atoms with van der Waals surface area (Å²) in [7, 11) is 0. The fourth-order valence-electron chi connectivity index (χ4n) is 3.03. The molecule has 0 saturated heterocycles. The van der Waals surface area contributed by atoms with Gasteiger partial charge in [-0.25, -0.2) is 0 Å². The molecule has 0 aliphatic carbocycles. The smallest absolute Gasteiger partial charge is 0.271 e. The van der Waals surface area contributed by atoms with Gasteiger partial charge in [0.05, 0.1) is 0 Å². The highest BCUT2D eigenvalue weighted by atomic mass is 16.1. The minimum Gasteiger partial charge on any atom is -0.351 e. The standard InChI is InChI=1S/C19H24N4O/c1-2-3-6-13-20-19(24)16-11-12-18(22-21-16)23-14-7-9-15-8-4-5-10-17(15)23/h4-5,8,10-12H,2-3,6-7,9,13-14H2,1H3,(H,20,24). The zero-order valence-corrected chi connectivity index (χ0v) is 14.2. The molecule has 1 N–H and O–H groups in total. The number of nitrogens with one attached hydrogen (secondary N) is 1. The topological polar surface area (TPSA) is 58.1 Å². The number of nitrogens with zero attached hydrogens (tertiary/aromatic N) is 3. The van der Waals surface area contributed by atoms with Crippen molar-refractivity contribution in [3.05, 3.63) is 47.7 Å². The fourth-order valence-corrected chi connectivity index (χ4v) is 3.03. The normalized spacial score (nSPS) is 13.5. The minimum atomic E-state index is -0.149. The van der Waals surface area contributed by atoms with E-state index in [0.29, 0.717) is 12.2 Å². The monoisotopic (exact) mass is 324 g/mol. The van der Waals surface area contributed by atoms with Crippen molar-refractivity contribution in [2.45, 2.75) is 39.0 Å². The Bertz CT molecular complexity index is 684. The number of carbonyl (C=O) groups excluding carboxylic acids is 1. The summed E-state index contributed by atoms with van der Waals surface area (Å²) in [5, 5.41) is 11.3. The molecule has 24 heavy (non-hydrogen) atoms. The van der Waals surface area contributed by atoms with E-state index in [1.165, 1.54) is 11.3 Å². The van der Waals surface area contributed by atoms with Gasteiger partial charge in [0.1, 0.15) is 0 Å². The van der Waals surface area contributed by atoms with Crippen LogP contribution in [-0.4, -0.2) is 29.2 Å². The number of aromatic nitrogens is 2. The third kappa shape index (κ3) is 3.72. The van der Waals surface area contributed by atoms with Crippen LogP contribution in [0.1, 0.15) is 48.7 Å². The van der Waals surface area contributed by atoms with Gasteiger partial charge in [0, 0.05) is 18.8 Å². The van der Waals surface area contributed by atoms with Crippen LogP contribution in [0.25, 0.3) is 0 Å².